The molecule has 1 amide bonds. The minimum Gasteiger partial charge on any atom is -0.329 e. The highest BCUT2D eigenvalue weighted by Crippen LogP contribution is 2.31. The van der Waals surface area contributed by atoms with Crippen molar-refractivity contribution in [2.75, 3.05) is 11.9 Å². The van der Waals surface area contributed by atoms with Gasteiger partial charge in [-0.15, -0.1) is 11.3 Å². The predicted octanol–water partition coefficient (Wildman–Crippen LogP) is 3.74. The molecular weight excluding hydrogens is 373 g/mol. The molecule has 6 heteroatoms. The lowest BCUT2D eigenvalue weighted by molar-refractivity contribution is -0.908. The van der Waals surface area contributed by atoms with Crippen molar-refractivity contribution in [3.8, 4) is 0 Å². The molecule has 0 aliphatic rings. The maximum atomic E-state index is 13.1. The minimum absolute atomic E-state index is 0.0474. The topological polar surface area (TPSA) is 37.6 Å². The van der Waals surface area contributed by atoms with Gasteiger partial charge < -0.3 is 4.90 Å². The zero-order valence-corrected chi connectivity index (χ0v) is 17.2. The Morgan fingerprint density at radius 3 is 2.54 bits per heavy atom. The summed E-state index contributed by atoms with van der Waals surface area (Å²) in [4.78, 5) is 20.0. The number of carbonyl (C=O) groups excluding carboxylic acids is 1. The van der Waals surface area contributed by atoms with Crippen molar-refractivity contribution in [3.63, 3.8) is 0 Å². The predicted molar refractivity (Wildman–Crippen MR) is 111 cm³/mol. The third-order valence-corrected chi connectivity index (χ3v) is 5.44. The molecule has 0 aliphatic heterocycles. The Kier molecular flexibility index (Phi) is 6.54. The van der Waals surface area contributed by atoms with Gasteiger partial charge in [-0.25, -0.2) is 9.37 Å². The molecule has 0 fully saturated rings. The first-order chi connectivity index (χ1) is 13.5. The number of para-hydroxylation sites is 1. The van der Waals surface area contributed by atoms with Gasteiger partial charge in [-0.05, 0) is 30.2 Å². The second-order valence-corrected chi connectivity index (χ2v) is 7.73. The zero-order valence-electron chi connectivity index (χ0n) is 16.4. The van der Waals surface area contributed by atoms with E-state index in [-0.39, 0.29) is 11.7 Å². The largest absolute Gasteiger partial charge is 0.329 e. The number of benzene rings is 2. The molecule has 0 aliphatic carbocycles. The quantitative estimate of drug-likeness (QED) is 0.658. The number of hydrogen-bond donors (Lipinski definition) is 1. The highest BCUT2D eigenvalue weighted by atomic mass is 32.1. The van der Waals surface area contributed by atoms with E-state index in [1.54, 1.807) is 11.8 Å². The molecule has 0 bridgehead atoms. The maximum Gasteiger partial charge on any atom is 0.230 e. The number of thiazole rings is 1. The fourth-order valence-electron chi connectivity index (χ4n) is 3.24. The van der Waals surface area contributed by atoms with Gasteiger partial charge >= 0.3 is 0 Å². The number of quaternary nitrogens is 1. The van der Waals surface area contributed by atoms with E-state index >= 15 is 0 Å². The summed E-state index contributed by atoms with van der Waals surface area (Å²) in [6, 6.07) is 14.5. The number of anilines is 2. The average molecular weight is 399 g/mol. The zero-order chi connectivity index (χ0) is 20.1. The fraction of sp³-hybridized carbons (Fsp3) is 0.273. The molecule has 1 unspecified atom stereocenters. The van der Waals surface area contributed by atoms with Gasteiger partial charge in [0.15, 0.2) is 5.13 Å². The first-order valence-electron chi connectivity index (χ1n) is 9.36. The maximum absolute atomic E-state index is 13.1. The van der Waals surface area contributed by atoms with Crippen LogP contribution in [0.3, 0.4) is 0 Å². The number of nitrogens with zero attached hydrogens (tertiary/aromatic N) is 2. The van der Waals surface area contributed by atoms with Crippen LogP contribution in [0.15, 0.2) is 53.9 Å². The Labute approximate surface area is 169 Å². The highest BCUT2D eigenvalue weighted by molar-refractivity contribution is 7.14. The lowest BCUT2D eigenvalue weighted by Gasteiger charge is -2.21. The minimum atomic E-state index is -0.220. The number of rotatable bonds is 7. The second kappa shape index (κ2) is 9.08. The van der Waals surface area contributed by atoms with E-state index in [0.717, 1.165) is 42.0 Å². The van der Waals surface area contributed by atoms with Crippen molar-refractivity contribution in [2.24, 2.45) is 0 Å². The number of nitrogens with one attached hydrogen (secondary N) is 1. The monoisotopic (exact) mass is 398 g/mol. The molecule has 0 saturated carbocycles. The summed E-state index contributed by atoms with van der Waals surface area (Å²) >= 11 is 1.48. The smallest absolute Gasteiger partial charge is 0.230 e. The van der Waals surface area contributed by atoms with Crippen LogP contribution in [0.25, 0.3) is 0 Å². The third-order valence-electron chi connectivity index (χ3n) is 4.56. The fourth-order valence-corrected chi connectivity index (χ4v) is 4.12. The Hall–Kier alpha value is -2.57. The standard InChI is InChI=1S/C22H24FN3OS/c1-4-18-7-5-6-8-21(18)26(16(2)27)22-24-20(15-28-22)14-25(3)13-17-9-11-19(23)12-10-17/h5-12,15H,4,13-14H2,1-3H3/p+1. The SMILES string of the molecule is CCc1ccccc1N(C(C)=O)c1nc(C[NH+](C)Cc2ccc(F)cc2)cs1. The van der Waals surface area contributed by atoms with Crippen molar-refractivity contribution >= 4 is 28.1 Å². The van der Waals surface area contributed by atoms with Crippen LogP contribution in [0.2, 0.25) is 0 Å². The summed E-state index contributed by atoms with van der Waals surface area (Å²) in [5, 5.41) is 2.70. The molecule has 3 aromatic rings. The van der Waals surface area contributed by atoms with E-state index in [1.165, 1.54) is 28.4 Å². The van der Waals surface area contributed by atoms with E-state index < -0.39 is 0 Å². The van der Waals surface area contributed by atoms with Gasteiger partial charge in [0.05, 0.1) is 12.7 Å². The van der Waals surface area contributed by atoms with Gasteiger partial charge in [-0.3, -0.25) is 9.69 Å². The van der Waals surface area contributed by atoms with Crippen LogP contribution in [0.5, 0.6) is 0 Å². The second-order valence-electron chi connectivity index (χ2n) is 6.90. The van der Waals surface area contributed by atoms with Gasteiger partial charge in [0.2, 0.25) is 5.91 Å². The molecule has 0 saturated heterocycles. The number of aryl methyl sites for hydroxylation is 1. The van der Waals surface area contributed by atoms with Gasteiger partial charge in [-0.1, -0.05) is 37.3 Å². The first kappa shape index (κ1) is 20.2. The lowest BCUT2D eigenvalue weighted by Crippen LogP contribution is -3.06. The summed E-state index contributed by atoms with van der Waals surface area (Å²) < 4.78 is 13.1. The van der Waals surface area contributed by atoms with Gasteiger partial charge in [-0.2, -0.15) is 0 Å². The van der Waals surface area contributed by atoms with Crippen LogP contribution in [0.4, 0.5) is 15.2 Å². The Balaban J connectivity index is 1.75. The van der Waals surface area contributed by atoms with Crippen molar-refractivity contribution < 1.29 is 14.1 Å². The number of carbonyl (C=O) groups is 1. The Morgan fingerprint density at radius 1 is 1.14 bits per heavy atom. The summed E-state index contributed by atoms with van der Waals surface area (Å²) in [7, 11) is 2.08. The van der Waals surface area contributed by atoms with Crippen LogP contribution in [0.1, 0.15) is 30.7 Å². The molecule has 1 heterocycles. The molecule has 0 radical (unpaired) electrons. The third kappa shape index (κ3) is 4.82. The highest BCUT2D eigenvalue weighted by Gasteiger charge is 2.21. The number of hydrogen-bond acceptors (Lipinski definition) is 3. The van der Waals surface area contributed by atoms with Gasteiger partial charge in [0.25, 0.3) is 0 Å². The molecule has 1 N–H and O–H groups in total. The normalized spacial score (nSPS) is 12.0. The molecule has 146 valence electrons. The summed E-state index contributed by atoms with van der Waals surface area (Å²) in [6.07, 6.45) is 0.850. The Morgan fingerprint density at radius 2 is 1.86 bits per heavy atom. The summed E-state index contributed by atoms with van der Waals surface area (Å²) in [5.41, 5.74) is 4.04. The van der Waals surface area contributed by atoms with Crippen LogP contribution in [-0.4, -0.2) is 17.9 Å². The van der Waals surface area contributed by atoms with Crippen molar-refractivity contribution in [3.05, 3.63) is 76.5 Å². The first-order valence-corrected chi connectivity index (χ1v) is 10.2. The molecule has 0 spiro atoms. The van der Waals surface area contributed by atoms with E-state index in [0.29, 0.717) is 5.13 Å². The number of aromatic nitrogens is 1. The molecule has 1 aromatic heterocycles. The van der Waals surface area contributed by atoms with Crippen molar-refractivity contribution in [1.82, 2.24) is 4.98 Å². The molecule has 28 heavy (non-hydrogen) atoms. The van der Waals surface area contributed by atoms with E-state index in [2.05, 4.69) is 14.0 Å². The molecule has 2 aromatic carbocycles. The summed E-state index contributed by atoms with van der Waals surface area (Å²) in [6.45, 7) is 5.16. The van der Waals surface area contributed by atoms with Gasteiger partial charge in [0.1, 0.15) is 24.6 Å². The molecule has 4 nitrogen and oxygen atoms in total. The van der Waals surface area contributed by atoms with Crippen LogP contribution in [-0.2, 0) is 24.3 Å². The van der Waals surface area contributed by atoms with Crippen LogP contribution in [0, 0.1) is 5.82 Å². The molecule has 3 rings (SSSR count). The molecule has 1 atom stereocenters. The van der Waals surface area contributed by atoms with E-state index in [9.17, 15) is 9.18 Å². The van der Waals surface area contributed by atoms with Gasteiger partial charge in [0, 0.05) is 17.9 Å². The number of halogens is 1. The van der Waals surface area contributed by atoms with E-state index in [4.69, 9.17) is 4.98 Å². The summed E-state index contributed by atoms with van der Waals surface area (Å²) in [5.74, 6) is -0.268. The van der Waals surface area contributed by atoms with Crippen LogP contribution < -0.4 is 9.80 Å². The van der Waals surface area contributed by atoms with Crippen LogP contribution >= 0.6 is 11.3 Å². The lowest BCUT2D eigenvalue weighted by atomic mass is 10.1. The van der Waals surface area contributed by atoms with Crippen molar-refractivity contribution in [2.45, 2.75) is 33.4 Å². The number of amides is 1. The van der Waals surface area contributed by atoms with Crippen molar-refractivity contribution in [1.29, 1.82) is 0 Å². The average Bonchev–Trinajstić information content (AvgIpc) is 3.11. The Bertz CT molecular complexity index is 939. The van der Waals surface area contributed by atoms with E-state index in [1.807, 2.05) is 41.8 Å². The molecular formula is C22H25FN3OS+.